The second kappa shape index (κ2) is 12.9. The fourth-order valence-electron chi connectivity index (χ4n) is 7.30. The van der Waals surface area contributed by atoms with E-state index in [-0.39, 0.29) is 0 Å². The molecule has 4 nitrogen and oxygen atoms in total. The van der Waals surface area contributed by atoms with Crippen LogP contribution in [0.15, 0.2) is 192 Å². The van der Waals surface area contributed by atoms with Crippen molar-refractivity contribution in [1.29, 1.82) is 0 Å². The maximum atomic E-state index is 6.99. The zero-order valence-electron chi connectivity index (χ0n) is 28.6. The first-order valence-electron chi connectivity index (χ1n) is 17.8. The van der Waals surface area contributed by atoms with E-state index in [9.17, 15) is 0 Å². The third-order valence-corrected chi connectivity index (χ3v) is 9.95. The largest absolute Gasteiger partial charge is 0.455 e. The summed E-state index contributed by atoms with van der Waals surface area (Å²) in [5.41, 5.74) is 11.1. The van der Waals surface area contributed by atoms with Crippen molar-refractivity contribution in [2.45, 2.75) is 0 Å². The van der Waals surface area contributed by atoms with Crippen molar-refractivity contribution < 1.29 is 4.42 Å². The highest BCUT2D eigenvalue weighted by Crippen LogP contribution is 2.44. The van der Waals surface area contributed by atoms with Crippen LogP contribution in [0.1, 0.15) is 0 Å². The van der Waals surface area contributed by atoms with Crippen LogP contribution in [0.4, 0.5) is 0 Å². The number of hydrogen-bond donors (Lipinski definition) is 0. The zero-order chi connectivity index (χ0) is 35.1. The summed E-state index contributed by atoms with van der Waals surface area (Å²) in [4.78, 5) is 15.0. The van der Waals surface area contributed by atoms with Gasteiger partial charge in [-0.1, -0.05) is 176 Å². The van der Waals surface area contributed by atoms with E-state index in [1.165, 1.54) is 16.7 Å². The molecule has 0 atom stereocenters. The van der Waals surface area contributed by atoms with E-state index < -0.39 is 0 Å². The van der Waals surface area contributed by atoms with Crippen molar-refractivity contribution in [2.75, 3.05) is 0 Å². The van der Waals surface area contributed by atoms with Crippen molar-refractivity contribution in [3.8, 4) is 67.5 Å². The number of benzene rings is 8. The van der Waals surface area contributed by atoms with Crippen molar-refractivity contribution >= 4 is 32.7 Å². The number of nitrogens with zero attached hydrogens (tertiary/aromatic N) is 3. The molecule has 0 fully saturated rings. The summed E-state index contributed by atoms with van der Waals surface area (Å²) in [6.45, 7) is 0. The van der Waals surface area contributed by atoms with Gasteiger partial charge in [0.1, 0.15) is 11.2 Å². The molecule has 0 aliphatic rings. The molecule has 10 aromatic rings. The van der Waals surface area contributed by atoms with Crippen LogP contribution in [0, 0.1) is 0 Å². The highest BCUT2D eigenvalue weighted by atomic mass is 16.3. The average Bonchev–Trinajstić information content (AvgIpc) is 3.65. The van der Waals surface area contributed by atoms with Gasteiger partial charge in [0.15, 0.2) is 17.5 Å². The Labute approximate surface area is 306 Å². The Morgan fingerprint density at radius 3 is 1.34 bits per heavy atom. The lowest BCUT2D eigenvalue weighted by molar-refractivity contribution is 0.671. The molecule has 0 N–H and O–H groups in total. The monoisotopic (exact) mass is 677 g/mol. The molecule has 248 valence electrons. The average molecular weight is 678 g/mol. The summed E-state index contributed by atoms with van der Waals surface area (Å²) in [7, 11) is 0. The molecule has 0 amide bonds. The quantitative estimate of drug-likeness (QED) is 0.176. The molecule has 8 aromatic carbocycles. The van der Waals surface area contributed by atoms with Crippen LogP contribution in [-0.4, -0.2) is 15.0 Å². The van der Waals surface area contributed by atoms with Gasteiger partial charge in [-0.15, -0.1) is 0 Å². The minimum atomic E-state index is 0.566. The van der Waals surface area contributed by atoms with Gasteiger partial charge in [-0.3, -0.25) is 0 Å². The van der Waals surface area contributed by atoms with E-state index in [4.69, 9.17) is 19.4 Å². The number of para-hydroxylation sites is 1. The predicted molar refractivity (Wildman–Crippen MR) is 217 cm³/mol. The van der Waals surface area contributed by atoms with Gasteiger partial charge in [-0.05, 0) is 50.7 Å². The molecule has 0 saturated carbocycles. The second-order valence-electron chi connectivity index (χ2n) is 13.2. The summed E-state index contributed by atoms with van der Waals surface area (Å²) >= 11 is 0. The summed E-state index contributed by atoms with van der Waals surface area (Å²) in [6.07, 6.45) is 0. The van der Waals surface area contributed by atoms with E-state index in [0.717, 1.165) is 66.1 Å². The van der Waals surface area contributed by atoms with Crippen molar-refractivity contribution in [1.82, 2.24) is 15.0 Å². The van der Waals surface area contributed by atoms with Crippen LogP contribution < -0.4 is 0 Å². The molecular weight excluding hydrogens is 647 g/mol. The Balaban J connectivity index is 1.12. The summed E-state index contributed by atoms with van der Waals surface area (Å²) < 4.78 is 6.99. The molecule has 2 heterocycles. The fourth-order valence-corrected chi connectivity index (χ4v) is 7.30. The number of aromatic nitrogens is 3. The molecule has 0 saturated heterocycles. The van der Waals surface area contributed by atoms with Crippen molar-refractivity contribution in [3.63, 3.8) is 0 Å². The van der Waals surface area contributed by atoms with Crippen LogP contribution in [-0.2, 0) is 0 Å². The minimum absolute atomic E-state index is 0.566. The number of rotatable bonds is 6. The SMILES string of the molecule is c1ccc(-c2ccc(-c3ccc(-c4cc5ccccc5c5c4oc4c(-c6nc(-c7ccccc7)nc(-c7ccccc7)n6)cccc45)cc3)cc2)cc1. The molecule has 0 bridgehead atoms. The van der Waals surface area contributed by atoms with Crippen LogP contribution in [0.5, 0.6) is 0 Å². The molecule has 53 heavy (non-hydrogen) atoms. The molecule has 4 heteroatoms. The molecule has 10 rings (SSSR count). The standard InChI is InChI=1S/C49H31N3O/c1-4-13-32(14-5-1)33-23-25-34(26-24-33)35-27-29-36(30-28-35)43-31-39-19-10-11-20-40(39)44-41-21-12-22-42(45(41)53-46(43)44)49-51-47(37-15-6-2-7-16-37)50-48(52-49)38-17-8-3-9-18-38/h1-31H. The maximum absolute atomic E-state index is 6.99. The van der Waals surface area contributed by atoms with E-state index in [1.807, 2.05) is 72.8 Å². The first-order chi connectivity index (χ1) is 26.3. The predicted octanol–water partition coefficient (Wildman–Crippen LogP) is 12.9. The molecule has 0 aliphatic carbocycles. The Bertz CT molecular complexity index is 2840. The zero-order valence-corrected chi connectivity index (χ0v) is 28.6. The lowest BCUT2D eigenvalue weighted by Crippen LogP contribution is -2.00. The van der Waals surface area contributed by atoms with E-state index in [2.05, 4.69) is 115 Å². The third kappa shape index (κ3) is 5.54. The highest BCUT2D eigenvalue weighted by molar-refractivity contribution is 6.23. The van der Waals surface area contributed by atoms with Gasteiger partial charge in [-0.2, -0.15) is 0 Å². The number of furan rings is 1. The van der Waals surface area contributed by atoms with Gasteiger partial charge in [0.2, 0.25) is 0 Å². The Morgan fingerprint density at radius 2 is 0.755 bits per heavy atom. The Kier molecular flexibility index (Phi) is 7.43. The molecular formula is C49H31N3O. The van der Waals surface area contributed by atoms with Crippen molar-refractivity contribution in [2.24, 2.45) is 0 Å². The normalized spacial score (nSPS) is 11.4. The van der Waals surface area contributed by atoms with Crippen molar-refractivity contribution in [3.05, 3.63) is 188 Å². The first kappa shape index (κ1) is 30.6. The molecule has 0 unspecified atom stereocenters. The summed E-state index contributed by atoms with van der Waals surface area (Å²) in [6, 6.07) is 65.2. The van der Waals surface area contributed by atoms with Gasteiger partial charge < -0.3 is 4.42 Å². The maximum Gasteiger partial charge on any atom is 0.167 e. The third-order valence-electron chi connectivity index (χ3n) is 9.95. The van der Waals surface area contributed by atoms with E-state index in [0.29, 0.717) is 17.5 Å². The lowest BCUT2D eigenvalue weighted by atomic mass is 9.94. The van der Waals surface area contributed by atoms with E-state index >= 15 is 0 Å². The topological polar surface area (TPSA) is 51.8 Å². The van der Waals surface area contributed by atoms with Crippen LogP contribution >= 0.6 is 0 Å². The van der Waals surface area contributed by atoms with Crippen LogP contribution in [0.2, 0.25) is 0 Å². The Hall–Kier alpha value is -7.17. The van der Waals surface area contributed by atoms with Gasteiger partial charge in [-0.25, -0.2) is 15.0 Å². The summed E-state index contributed by atoms with van der Waals surface area (Å²) in [5, 5.41) is 4.40. The first-order valence-corrected chi connectivity index (χ1v) is 17.8. The van der Waals surface area contributed by atoms with Crippen LogP contribution in [0.3, 0.4) is 0 Å². The van der Waals surface area contributed by atoms with Gasteiger partial charge in [0.05, 0.1) is 5.56 Å². The molecule has 0 spiro atoms. The highest BCUT2D eigenvalue weighted by Gasteiger charge is 2.21. The molecule has 0 radical (unpaired) electrons. The van der Waals surface area contributed by atoms with Gasteiger partial charge >= 0.3 is 0 Å². The molecule has 0 aliphatic heterocycles. The van der Waals surface area contributed by atoms with Gasteiger partial charge in [0, 0.05) is 27.5 Å². The number of hydrogen-bond acceptors (Lipinski definition) is 4. The lowest BCUT2D eigenvalue weighted by Gasteiger charge is -2.09. The fraction of sp³-hybridized carbons (Fsp3) is 0. The molecule has 2 aromatic heterocycles. The van der Waals surface area contributed by atoms with Crippen LogP contribution in [0.25, 0.3) is 100 Å². The van der Waals surface area contributed by atoms with E-state index in [1.54, 1.807) is 0 Å². The second-order valence-corrected chi connectivity index (χ2v) is 13.2. The summed E-state index contributed by atoms with van der Waals surface area (Å²) in [5.74, 6) is 1.79. The minimum Gasteiger partial charge on any atom is -0.455 e. The Morgan fingerprint density at radius 1 is 0.302 bits per heavy atom. The number of fused-ring (bicyclic) bond motifs is 5. The smallest absolute Gasteiger partial charge is 0.167 e. The van der Waals surface area contributed by atoms with Gasteiger partial charge in [0.25, 0.3) is 0 Å².